The van der Waals surface area contributed by atoms with E-state index in [9.17, 15) is 0 Å². The van der Waals surface area contributed by atoms with Crippen LogP contribution in [0.1, 0.15) is 38.2 Å². The van der Waals surface area contributed by atoms with E-state index < -0.39 is 0 Å². The number of aryl methyl sites for hydroxylation is 2. The highest BCUT2D eigenvalue weighted by molar-refractivity contribution is 14.1. The van der Waals surface area contributed by atoms with Crippen LogP contribution >= 0.6 is 22.6 Å². The Labute approximate surface area is 105 Å². The molecule has 0 aliphatic carbocycles. The van der Waals surface area contributed by atoms with Crippen molar-refractivity contribution < 1.29 is 0 Å². The summed E-state index contributed by atoms with van der Waals surface area (Å²) in [6, 6.07) is 0. The van der Waals surface area contributed by atoms with Gasteiger partial charge in [0.05, 0.1) is 9.26 Å². The second-order valence-corrected chi connectivity index (χ2v) is 4.64. The van der Waals surface area contributed by atoms with Gasteiger partial charge in [0, 0.05) is 6.54 Å². The molecular formula is C11H18IN3. The first-order valence-electron chi connectivity index (χ1n) is 5.45. The van der Waals surface area contributed by atoms with E-state index in [1.54, 1.807) is 0 Å². The minimum absolute atomic E-state index is 0.859. The molecule has 1 aromatic heterocycles. The van der Waals surface area contributed by atoms with Crippen LogP contribution in [-0.4, -0.2) is 16.5 Å². The fourth-order valence-electron chi connectivity index (χ4n) is 1.38. The summed E-state index contributed by atoms with van der Waals surface area (Å²) in [5.41, 5.74) is 1.17. The number of halogens is 1. The number of hydrogen-bond donors (Lipinski definition) is 1. The van der Waals surface area contributed by atoms with E-state index in [0.29, 0.717) is 0 Å². The molecule has 0 unspecified atom stereocenters. The minimum Gasteiger partial charge on any atom is -0.369 e. The molecule has 1 heterocycles. The molecule has 0 aliphatic heterocycles. The van der Waals surface area contributed by atoms with Gasteiger partial charge in [0.25, 0.3) is 0 Å². The van der Waals surface area contributed by atoms with E-state index >= 15 is 0 Å². The Bertz CT molecular complexity index is 326. The maximum Gasteiger partial charge on any atom is 0.143 e. The average Bonchev–Trinajstić information content (AvgIpc) is 2.21. The van der Waals surface area contributed by atoms with Gasteiger partial charge < -0.3 is 5.32 Å². The van der Waals surface area contributed by atoms with Crippen molar-refractivity contribution in [2.75, 3.05) is 11.9 Å². The van der Waals surface area contributed by atoms with Crippen molar-refractivity contribution in [3.05, 3.63) is 15.1 Å². The molecule has 4 heteroatoms. The zero-order chi connectivity index (χ0) is 11.3. The summed E-state index contributed by atoms with van der Waals surface area (Å²) in [6.45, 7) is 7.25. The van der Waals surface area contributed by atoms with E-state index in [2.05, 4.69) is 51.7 Å². The van der Waals surface area contributed by atoms with E-state index in [4.69, 9.17) is 0 Å². The lowest BCUT2D eigenvalue weighted by molar-refractivity contribution is 0.844. The molecule has 0 aliphatic rings. The van der Waals surface area contributed by atoms with Gasteiger partial charge in [-0.3, -0.25) is 0 Å². The molecule has 0 amide bonds. The Balaban J connectivity index is 2.93. The molecule has 1 N–H and O–H groups in total. The monoisotopic (exact) mass is 319 g/mol. The first kappa shape index (κ1) is 12.7. The van der Waals surface area contributed by atoms with Crippen LogP contribution in [-0.2, 0) is 6.42 Å². The third-order valence-electron chi connectivity index (χ3n) is 2.06. The number of rotatable bonds is 5. The molecule has 0 radical (unpaired) electrons. The zero-order valence-electron chi connectivity index (χ0n) is 9.60. The van der Waals surface area contributed by atoms with Crippen LogP contribution in [0.3, 0.4) is 0 Å². The molecule has 0 aromatic carbocycles. The molecule has 0 fully saturated rings. The topological polar surface area (TPSA) is 37.8 Å². The van der Waals surface area contributed by atoms with Gasteiger partial charge in [0.1, 0.15) is 11.6 Å². The molecule has 3 nitrogen and oxygen atoms in total. The third kappa shape index (κ3) is 3.59. The second kappa shape index (κ2) is 6.25. The molecule has 15 heavy (non-hydrogen) atoms. The summed E-state index contributed by atoms with van der Waals surface area (Å²) in [5, 5.41) is 3.34. The van der Waals surface area contributed by atoms with E-state index in [1.165, 1.54) is 9.26 Å². The standard InChI is InChI=1S/C11H18IN3/c1-4-6-9-10(12)11(13-7-5-2)15-8(3)14-9/h4-7H2,1-3H3,(H,13,14,15). The van der Waals surface area contributed by atoms with Gasteiger partial charge in [-0.2, -0.15) is 0 Å². The summed E-state index contributed by atoms with van der Waals surface area (Å²) >= 11 is 2.33. The Hall–Kier alpha value is -0.390. The number of nitrogens with zero attached hydrogens (tertiary/aromatic N) is 2. The number of anilines is 1. The Kier molecular flexibility index (Phi) is 5.28. The maximum absolute atomic E-state index is 4.47. The molecule has 0 spiro atoms. The summed E-state index contributed by atoms with van der Waals surface area (Å²) in [6.07, 6.45) is 3.27. The lowest BCUT2D eigenvalue weighted by Crippen LogP contribution is -2.09. The van der Waals surface area contributed by atoms with Gasteiger partial charge in [-0.1, -0.05) is 20.3 Å². The highest BCUT2D eigenvalue weighted by Crippen LogP contribution is 2.20. The predicted octanol–water partition coefficient (Wildman–Crippen LogP) is 3.16. The van der Waals surface area contributed by atoms with Crippen molar-refractivity contribution in [1.29, 1.82) is 0 Å². The second-order valence-electron chi connectivity index (χ2n) is 3.56. The highest BCUT2D eigenvalue weighted by atomic mass is 127. The summed E-state index contributed by atoms with van der Waals surface area (Å²) in [5.74, 6) is 1.85. The molecule has 1 aromatic rings. The Morgan fingerprint density at radius 2 is 1.93 bits per heavy atom. The molecule has 84 valence electrons. The van der Waals surface area contributed by atoms with Crippen LogP contribution < -0.4 is 5.32 Å². The van der Waals surface area contributed by atoms with Gasteiger partial charge in [-0.15, -0.1) is 0 Å². The summed E-state index contributed by atoms with van der Waals surface area (Å²) < 4.78 is 1.17. The van der Waals surface area contributed by atoms with Gasteiger partial charge in [-0.25, -0.2) is 9.97 Å². The summed E-state index contributed by atoms with van der Waals surface area (Å²) in [4.78, 5) is 8.90. The van der Waals surface area contributed by atoms with Crippen molar-refractivity contribution in [1.82, 2.24) is 9.97 Å². The summed E-state index contributed by atoms with van der Waals surface area (Å²) in [7, 11) is 0. The SMILES string of the molecule is CCCNc1nc(C)nc(CCC)c1I. The molecule has 1 rings (SSSR count). The van der Waals surface area contributed by atoms with Crippen molar-refractivity contribution in [2.24, 2.45) is 0 Å². The normalized spacial score (nSPS) is 10.4. The van der Waals surface area contributed by atoms with Crippen LogP contribution in [0.2, 0.25) is 0 Å². The van der Waals surface area contributed by atoms with Gasteiger partial charge in [-0.05, 0) is 42.4 Å². The minimum atomic E-state index is 0.859. The number of nitrogens with one attached hydrogen (secondary N) is 1. The van der Waals surface area contributed by atoms with E-state index in [1.807, 2.05) is 6.92 Å². The number of hydrogen-bond acceptors (Lipinski definition) is 3. The first-order chi connectivity index (χ1) is 7.19. The van der Waals surface area contributed by atoms with Crippen LogP contribution in [0.25, 0.3) is 0 Å². The van der Waals surface area contributed by atoms with Crippen LogP contribution in [0.15, 0.2) is 0 Å². The van der Waals surface area contributed by atoms with Gasteiger partial charge in [0.2, 0.25) is 0 Å². The van der Waals surface area contributed by atoms with Crippen LogP contribution in [0.4, 0.5) is 5.82 Å². The van der Waals surface area contributed by atoms with E-state index in [0.717, 1.165) is 37.4 Å². The molecule has 0 atom stereocenters. The van der Waals surface area contributed by atoms with Crippen LogP contribution in [0, 0.1) is 10.5 Å². The average molecular weight is 319 g/mol. The van der Waals surface area contributed by atoms with Crippen molar-refractivity contribution in [3.8, 4) is 0 Å². The molecule has 0 bridgehead atoms. The third-order valence-corrected chi connectivity index (χ3v) is 3.19. The molecule has 0 saturated carbocycles. The van der Waals surface area contributed by atoms with E-state index in [-0.39, 0.29) is 0 Å². The van der Waals surface area contributed by atoms with Crippen molar-refractivity contribution >= 4 is 28.4 Å². The molecule has 0 saturated heterocycles. The number of aromatic nitrogens is 2. The largest absolute Gasteiger partial charge is 0.369 e. The van der Waals surface area contributed by atoms with Crippen molar-refractivity contribution in [3.63, 3.8) is 0 Å². The van der Waals surface area contributed by atoms with Gasteiger partial charge in [0.15, 0.2) is 0 Å². The lowest BCUT2D eigenvalue weighted by Gasteiger charge is -2.10. The molecular weight excluding hydrogens is 301 g/mol. The predicted molar refractivity (Wildman–Crippen MR) is 72.3 cm³/mol. The van der Waals surface area contributed by atoms with Gasteiger partial charge >= 0.3 is 0 Å². The highest BCUT2D eigenvalue weighted by Gasteiger charge is 2.08. The fraction of sp³-hybridized carbons (Fsp3) is 0.636. The first-order valence-corrected chi connectivity index (χ1v) is 6.53. The lowest BCUT2D eigenvalue weighted by atomic mass is 10.2. The maximum atomic E-state index is 4.47. The Morgan fingerprint density at radius 1 is 1.20 bits per heavy atom. The smallest absolute Gasteiger partial charge is 0.143 e. The fourth-order valence-corrected chi connectivity index (χ4v) is 2.08. The quantitative estimate of drug-likeness (QED) is 0.847. The Morgan fingerprint density at radius 3 is 2.53 bits per heavy atom. The zero-order valence-corrected chi connectivity index (χ0v) is 11.8. The van der Waals surface area contributed by atoms with Crippen LogP contribution in [0.5, 0.6) is 0 Å². The van der Waals surface area contributed by atoms with Crippen molar-refractivity contribution in [2.45, 2.75) is 40.0 Å².